The number of nitrogens with one attached hydrogen (secondary N) is 2. The molecule has 0 atom stereocenters. The van der Waals surface area contributed by atoms with Crippen molar-refractivity contribution in [2.24, 2.45) is 0 Å². The molecule has 0 aromatic heterocycles. The molecule has 0 saturated heterocycles. The molecule has 0 aliphatic heterocycles. The molecule has 2 N–H and O–H groups in total. The minimum absolute atomic E-state index is 0.0177. The number of hydrogen-bond donors (Lipinski definition) is 2. The second-order valence-corrected chi connectivity index (χ2v) is 5.59. The van der Waals surface area contributed by atoms with E-state index in [1.54, 1.807) is 24.3 Å². The molecule has 5 heteroatoms. The Morgan fingerprint density at radius 3 is 2.08 bits per heavy atom. The van der Waals surface area contributed by atoms with Crippen molar-refractivity contribution >= 4 is 23.0 Å². The highest BCUT2D eigenvalue weighted by atomic mass is 19.1. The molecule has 0 bridgehead atoms. The van der Waals surface area contributed by atoms with Gasteiger partial charge in [-0.3, -0.25) is 4.79 Å². The summed E-state index contributed by atoms with van der Waals surface area (Å²) in [5.74, 6) is -0.196. The lowest BCUT2D eigenvalue weighted by Crippen LogP contribution is -2.13. The normalized spacial score (nSPS) is 10.2. The Morgan fingerprint density at radius 1 is 0.885 bits per heavy atom. The highest BCUT2D eigenvalue weighted by Crippen LogP contribution is 2.22. The summed E-state index contributed by atoms with van der Waals surface area (Å²) in [4.78, 5) is 12.1. The molecule has 1 amide bonds. The van der Waals surface area contributed by atoms with Crippen LogP contribution in [0.1, 0.15) is 17.3 Å². The summed E-state index contributed by atoms with van der Waals surface area (Å²) in [6.45, 7) is 2.57. The highest BCUT2D eigenvalue weighted by Gasteiger charge is 2.10. The number of hydrogen-bond acceptors (Lipinski definition) is 3. The maximum Gasteiger partial charge on any atom is 0.258 e. The van der Waals surface area contributed by atoms with Crippen LogP contribution in [0.5, 0.6) is 5.75 Å². The molecule has 26 heavy (non-hydrogen) atoms. The zero-order chi connectivity index (χ0) is 18.4. The lowest BCUT2D eigenvalue weighted by molar-refractivity contribution is 0.102. The number of benzene rings is 3. The summed E-state index contributed by atoms with van der Waals surface area (Å²) in [7, 11) is 0. The number of amides is 1. The van der Waals surface area contributed by atoms with Gasteiger partial charge in [0.2, 0.25) is 0 Å². The van der Waals surface area contributed by atoms with Gasteiger partial charge in [-0.2, -0.15) is 0 Å². The number of carbonyl (C=O) groups excluding carboxylic acids is 1. The Kier molecular flexibility index (Phi) is 5.49. The van der Waals surface area contributed by atoms with Gasteiger partial charge in [0.25, 0.3) is 5.91 Å². The standard InChI is InChI=1S/C21H19FN2O2/c1-2-26-18-13-11-16(12-14-18)23-15-7-9-17(10-8-15)24-21(25)19-5-3-4-6-20(19)22/h3-14,23H,2H2,1H3,(H,24,25). The zero-order valence-corrected chi connectivity index (χ0v) is 14.3. The second kappa shape index (κ2) is 8.16. The molecule has 0 fully saturated rings. The van der Waals surface area contributed by atoms with Gasteiger partial charge in [-0.15, -0.1) is 0 Å². The summed E-state index contributed by atoms with van der Waals surface area (Å²) < 4.78 is 19.1. The van der Waals surface area contributed by atoms with Gasteiger partial charge >= 0.3 is 0 Å². The molecule has 0 saturated carbocycles. The van der Waals surface area contributed by atoms with Crippen molar-refractivity contribution in [2.75, 3.05) is 17.2 Å². The van der Waals surface area contributed by atoms with Crippen LogP contribution in [-0.4, -0.2) is 12.5 Å². The van der Waals surface area contributed by atoms with Gasteiger partial charge in [-0.05, 0) is 67.6 Å². The van der Waals surface area contributed by atoms with E-state index in [0.29, 0.717) is 12.3 Å². The zero-order valence-electron chi connectivity index (χ0n) is 14.3. The molecular formula is C21H19FN2O2. The quantitative estimate of drug-likeness (QED) is 0.641. The van der Waals surface area contributed by atoms with Crippen LogP contribution in [0.3, 0.4) is 0 Å². The fourth-order valence-corrected chi connectivity index (χ4v) is 2.45. The van der Waals surface area contributed by atoms with Crippen LogP contribution in [0.15, 0.2) is 72.8 Å². The predicted molar refractivity (Wildman–Crippen MR) is 102 cm³/mol. The summed E-state index contributed by atoms with van der Waals surface area (Å²) in [6.07, 6.45) is 0. The van der Waals surface area contributed by atoms with E-state index >= 15 is 0 Å². The Balaban J connectivity index is 1.63. The number of anilines is 3. The Hall–Kier alpha value is -3.34. The van der Waals surface area contributed by atoms with Gasteiger partial charge in [0.15, 0.2) is 0 Å². The lowest BCUT2D eigenvalue weighted by atomic mass is 10.2. The molecule has 0 aliphatic carbocycles. The van der Waals surface area contributed by atoms with Crippen molar-refractivity contribution in [3.8, 4) is 5.75 Å². The van der Waals surface area contributed by atoms with Crippen LogP contribution in [0.25, 0.3) is 0 Å². The van der Waals surface area contributed by atoms with Gasteiger partial charge in [0.1, 0.15) is 11.6 Å². The first-order valence-electron chi connectivity index (χ1n) is 8.31. The van der Waals surface area contributed by atoms with E-state index < -0.39 is 11.7 Å². The fraction of sp³-hybridized carbons (Fsp3) is 0.0952. The number of carbonyl (C=O) groups is 1. The largest absolute Gasteiger partial charge is 0.494 e. The molecule has 0 radical (unpaired) electrons. The molecule has 3 aromatic carbocycles. The monoisotopic (exact) mass is 350 g/mol. The first-order valence-corrected chi connectivity index (χ1v) is 8.31. The first-order chi connectivity index (χ1) is 12.7. The maximum atomic E-state index is 13.6. The number of halogens is 1. The van der Waals surface area contributed by atoms with Crippen molar-refractivity contribution in [3.63, 3.8) is 0 Å². The van der Waals surface area contributed by atoms with Gasteiger partial charge in [0.05, 0.1) is 12.2 Å². The van der Waals surface area contributed by atoms with Crippen LogP contribution in [0, 0.1) is 5.82 Å². The smallest absolute Gasteiger partial charge is 0.258 e. The van der Waals surface area contributed by atoms with Crippen LogP contribution < -0.4 is 15.4 Å². The Morgan fingerprint density at radius 2 is 1.46 bits per heavy atom. The van der Waals surface area contributed by atoms with Crippen LogP contribution in [0.4, 0.5) is 21.5 Å². The van der Waals surface area contributed by atoms with Gasteiger partial charge < -0.3 is 15.4 Å². The molecule has 3 aromatic rings. The van der Waals surface area contributed by atoms with Crippen molar-refractivity contribution in [3.05, 3.63) is 84.2 Å². The number of ether oxygens (including phenoxy) is 1. The summed E-state index contributed by atoms with van der Waals surface area (Å²) in [5.41, 5.74) is 2.41. The summed E-state index contributed by atoms with van der Waals surface area (Å²) >= 11 is 0. The van der Waals surface area contributed by atoms with Crippen molar-refractivity contribution in [2.45, 2.75) is 6.92 Å². The average molecular weight is 350 g/mol. The van der Waals surface area contributed by atoms with Crippen molar-refractivity contribution in [1.82, 2.24) is 0 Å². The minimum atomic E-state index is -0.543. The third-order valence-electron chi connectivity index (χ3n) is 3.72. The summed E-state index contributed by atoms with van der Waals surface area (Å²) in [6, 6.07) is 20.7. The third kappa shape index (κ3) is 4.39. The van der Waals surface area contributed by atoms with Gasteiger partial charge in [-0.25, -0.2) is 4.39 Å². The maximum absolute atomic E-state index is 13.6. The molecule has 0 unspecified atom stereocenters. The van der Waals surface area contributed by atoms with E-state index in [1.165, 1.54) is 12.1 Å². The van der Waals surface area contributed by atoms with Gasteiger partial charge in [0, 0.05) is 17.1 Å². The molecule has 0 spiro atoms. The Bertz CT molecular complexity index is 877. The van der Waals surface area contributed by atoms with E-state index in [0.717, 1.165) is 17.1 Å². The highest BCUT2D eigenvalue weighted by molar-refractivity contribution is 6.04. The Labute approximate surface area is 151 Å². The SMILES string of the molecule is CCOc1ccc(Nc2ccc(NC(=O)c3ccccc3F)cc2)cc1. The van der Waals surface area contributed by atoms with Gasteiger partial charge in [-0.1, -0.05) is 12.1 Å². The molecule has 0 aliphatic rings. The predicted octanol–water partition coefficient (Wildman–Crippen LogP) is 5.22. The van der Waals surface area contributed by atoms with E-state index in [1.807, 2.05) is 43.3 Å². The third-order valence-corrected chi connectivity index (χ3v) is 3.72. The topological polar surface area (TPSA) is 50.4 Å². The van der Waals surface area contributed by atoms with E-state index in [9.17, 15) is 9.18 Å². The minimum Gasteiger partial charge on any atom is -0.494 e. The van der Waals surface area contributed by atoms with Crippen molar-refractivity contribution < 1.29 is 13.9 Å². The second-order valence-electron chi connectivity index (χ2n) is 5.59. The van der Waals surface area contributed by atoms with Crippen LogP contribution >= 0.6 is 0 Å². The van der Waals surface area contributed by atoms with Crippen LogP contribution in [-0.2, 0) is 0 Å². The van der Waals surface area contributed by atoms with E-state index in [2.05, 4.69) is 10.6 Å². The first kappa shape index (κ1) is 17.5. The molecule has 4 nitrogen and oxygen atoms in total. The van der Waals surface area contributed by atoms with Crippen LogP contribution in [0.2, 0.25) is 0 Å². The average Bonchev–Trinajstić information content (AvgIpc) is 2.65. The molecule has 0 heterocycles. The molecular weight excluding hydrogens is 331 g/mol. The fourth-order valence-electron chi connectivity index (χ4n) is 2.45. The van der Waals surface area contributed by atoms with E-state index in [4.69, 9.17) is 4.74 Å². The van der Waals surface area contributed by atoms with E-state index in [-0.39, 0.29) is 5.56 Å². The lowest BCUT2D eigenvalue weighted by Gasteiger charge is -2.10. The number of rotatable bonds is 6. The molecule has 132 valence electrons. The summed E-state index contributed by atoms with van der Waals surface area (Å²) in [5, 5.41) is 5.95. The van der Waals surface area contributed by atoms with Crippen molar-refractivity contribution in [1.29, 1.82) is 0 Å². The molecule has 3 rings (SSSR count).